The number of hydrogen-bond acceptors (Lipinski definition) is 2. The summed E-state index contributed by atoms with van der Waals surface area (Å²) in [5, 5.41) is 2.97. The summed E-state index contributed by atoms with van der Waals surface area (Å²) in [4.78, 5) is 12.3. The van der Waals surface area contributed by atoms with Crippen LogP contribution in [0.3, 0.4) is 0 Å². The van der Waals surface area contributed by atoms with Gasteiger partial charge in [0.05, 0.1) is 0 Å². The first-order valence-corrected chi connectivity index (χ1v) is 7.23. The lowest BCUT2D eigenvalue weighted by molar-refractivity contribution is -0.122. The number of aryl methyl sites for hydroxylation is 1. The Labute approximate surface area is 125 Å². The highest BCUT2D eigenvalue weighted by Crippen LogP contribution is 2.35. The highest BCUT2D eigenvalue weighted by Gasteiger charge is 2.30. The van der Waals surface area contributed by atoms with Crippen molar-refractivity contribution in [2.75, 3.05) is 6.61 Å². The first-order valence-electron chi connectivity index (χ1n) is 6.44. The molecule has 1 N–H and O–H groups in total. The quantitative estimate of drug-likeness (QED) is 0.937. The summed E-state index contributed by atoms with van der Waals surface area (Å²) >= 11 is 3.43. The Morgan fingerprint density at radius 3 is 3.10 bits per heavy atom. The van der Waals surface area contributed by atoms with Gasteiger partial charge >= 0.3 is 0 Å². The van der Waals surface area contributed by atoms with Crippen molar-refractivity contribution in [1.29, 1.82) is 0 Å². The largest absolute Gasteiger partial charge is 0.492 e. The minimum atomic E-state index is -0.230. The fourth-order valence-electron chi connectivity index (χ4n) is 2.38. The maximum Gasteiger partial charge on any atom is 0.231 e. The summed E-state index contributed by atoms with van der Waals surface area (Å²) < 4.78 is 8.48. The Hall–Kier alpha value is -1.75. The van der Waals surface area contributed by atoms with Crippen molar-refractivity contribution >= 4 is 21.8 Å². The Kier molecular flexibility index (Phi) is 3.53. The van der Waals surface area contributed by atoms with Gasteiger partial charge in [0.2, 0.25) is 5.91 Å². The molecule has 1 aliphatic rings. The second-order valence-electron chi connectivity index (χ2n) is 4.95. The van der Waals surface area contributed by atoms with Crippen molar-refractivity contribution in [3.63, 3.8) is 0 Å². The molecule has 0 radical (unpaired) electrons. The van der Waals surface area contributed by atoms with Crippen LogP contribution in [0.2, 0.25) is 0 Å². The monoisotopic (exact) mass is 334 g/mol. The lowest BCUT2D eigenvalue weighted by Gasteiger charge is -2.09. The van der Waals surface area contributed by atoms with Crippen LogP contribution < -0.4 is 10.1 Å². The second kappa shape index (κ2) is 5.32. The number of carbonyl (C=O) groups is 1. The van der Waals surface area contributed by atoms with Gasteiger partial charge in [-0.05, 0) is 29.8 Å². The topological polar surface area (TPSA) is 43.3 Å². The van der Waals surface area contributed by atoms with Crippen molar-refractivity contribution in [2.24, 2.45) is 7.05 Å². The number of carbonyl (C=O) groups excluding carboxylic acids is 1. The van der Waals surface area contributed by atoms with Gasteiger partial charge in [0.25, 0.3) is 0 Å². The maximum absolute atomic E-state index is 12.3. The van der Waals surface area contributed by atoms with E-state index in [1.807, 2.05) is 48.3 Å². The van der Waals surface area contributed by atoms with E-state index in [0.29, 0.717) is 13.2 Å². The first-order chi connectivity index (χ1) is 9.63. The third-order valence-electron chi connectivity index (χ3n) is 3.43. The Balaban J connectivity index is 1.69. The molecule has 1 aliphatic heterocycles. The molecule has 1 unspecified atom stereocenters. The predicted molar refractivity (Wildman–Crippen MR) is 79.6 cm³/mol. The molecule has 0 spiro atoms. The number of hydrogen-bond donors (Lipinski definition) is 1. The molecule has 1 aromatic carbocycles. The summed E-state index contributed by atoms with van der Waals surface area (Å²) in [6, 6.07) is 7.76. The van der Waals surface area contributed by atoms with Gasteiger partial charge in [-0.1, -0.05) is 15.9 Å². The summed E-state index contributed by atoms with van der Waals surface area (Å²) in [7, 11) is 1.96. The SMILES string of the molecule is Cn1ccc(CNC(=O)C2COc3ccc(Br)cc32)c1. The van der Waals surface area contributed by atoms with E-state index in [9.17, 15) is 4.79 Å². The zero-order valence-corrected chi connectivity index (χ0v) is 12.7. The van der Waals surface area contributed by atoms with Crippen molar-refractivity contribution in [3.05, 3.63) is 52.3 Å². The number of nitrogens with one attached hydrogen (secondary N) is 1. The van der Waals surface area contributed by atoms with E-state index in [1.165, 1.54) is 0 Å². The van der Waals surface area contributed by atoms with E-state index in [4.69, 9.17) is 4.74 Å². The van der Waals surface area contributed by atoms with Crippen molar-refractivity contribution in [3.8, 4) is 5.75 Å². The van der Waals surface area contributed by atoms with Crippen LogP contribution >= 0.6 is 15.9 Å². The third-order valence-corrected chi connectivity index (χ3v) is 3.92. The summed E-state index contributed by atoms with van der Waals surface area (Å²) in [6.45, 7) is 0.950. The highest BCUT2D eigenvalue weighted by molar-refractivity contribution is 9.10. The number of benzene rings is 1. The van der Waals surface area contributed by atoms with Gasteiger partial charge in [-0.15, -0.1) is 0 Å². The van der Waals surface area contributed by atoms with Crippen LogP contribution in [-0.2, 0) is 18.4 Å². The van der Waals surface area contributed by atoms with Crippen LogP contribution in [0.4, 0.5) is 0 Å². The predicted octanol–water partition coefficient (Wildman–Crippen LogP) is 2.58. The molecule has 2 aromatic rings. The Morgan fingerprint density at radius 1 is 1.50 bits per heavy atom. The van der Waals surface area contributed by atoms with E-state index >= 15 is 0 Å². The number of amides is 1. The lowest BCUT2D eigenvalue weighted by Crippen LogP contribution is -2.29. The highest BCUT2D eigenvalue weighted by atomic mass is 79.9. The molecule has 0 aliphatic carbocycles. The van der Waals surface area contributed by atoms with Gasteiger partial charge in [-0.2, -0.15) is 0 Å². The number of ether oxygens (including phenoxy) is 1. The van der Waals surface area contributed by atoms with E-state index < -0.39 is 0 Å². The zero-order valence-electron chi connectivity index (χ0n) is 11.1. The van der Waals surface area contributed by atoms with E-state index in [1.54, 1.807) is 0 Å². The Bertz CT molecular complexity index is 651. The standard InChI is InChI=1S/C15H15BrN2O2/c1-18-5-4-10(8-18)7-17-15(19)13-9-20-14-3-2-11(16)6-12(13)14/h2-6,8,13H,7,9H2,1H3,(H,17,19). The molecule has 1 aromatic heterocycles. The van der Waals surface area contributed by atoms with Gasteiger partial charge in [-0.3, -0.25) is 4.79 Å². The summed E-state index contributed by atoms with van der Waals surface area (Å²) in [5.74, 6) is 0.574. The fourth-order valence-corrected chi connectivity index (χ4v) is 2.76. The molecule has 1 atom stereocenters. The van der Waals surface area contributed by atoms with Gasteiger partial charge in [-0.25, -0.2) is 0 Å². The van der Waals surface area contributed by atoms with Crippen molar-refractivity contribution in [2.45, 2.75) is 12.5 Å². The smallest absolute Gasteiger partial charge is 0.231 e. The molecule has 0 saturated heterocycles. The van der Waals surface area contributed by atoms with Crippen LogP contribution in [0, 0.1) is 0 Å². The van der Waals surface area contributed by atoms with Crippen LogP contribution in [-0.4, -0.2) is 17.1 Å². The Morgan fingerprint density at radius 2 is 2.35 bits per heavy atom. The average Bonchev–Trinajstić information content (AvgIpc) is 3.02. The molecule has 104 valence electrons. The van der Waals surface area contributed by atoms with Gasteiger partial charge in [0.15, 0.2) is 0 Å². The van der Waals surface area contributed by atoms with Crippen LogP contribution in [0.1, 0.15) is 17.0 Å². The molecule has 3 rings (SSSR count). The minimum Gasteiger partial charge on any atom is -0.492 e. The van der Waals surface area contributed by atoms with Crippen LogP contribution in [0.15, 0.2) is 41.1 Å². The molecular weight excluding hydrogens is 320 g/mol. The molecule has 1 amide bonds. The molecule has 0 bridgehead atoms. The molecule has 4 nitrogen and oxygen atoms in total. The molecule has 20 heavy (non-hydrogen) atoms. The molecule has 5 heteroatoms. The lowest BCUT2D eigenvalue weighted by atomic mass is 10.0. The second-order valence-corrected chi connectivity index (χ2v) is 5.86. The normalized spacial score (nSPS) is 16.6. The molecule has 0 fully saturated rings. The van der Waals surface area contributed by atoms with E-state index in [2.05, 4.69) is 21.2 Å². The van der Waals surface area contributed by atoms with Crippen LogP contribution in [0.25, 0.3) is 0 Å². The fraction of sp³-hybridized carbons (Fsp3) is 0.267. The number of aromatic nitrogens is 1. The number of rotatable bonds is 3. The number of fused-ring (bicyclic) bond motifs is 1. The summed E-state index contributed by atoms with van der Waals surface area (Å²) in [6.07, 6.45) is 3.96. The van der Waals surface area contributed by atoms with Gasteiger partial charge in [0, 0.05) is 36.0 Å². The number of halogens is 1. The average molecular weight is 335 g/mol. The van der Waals surface area contributed by atoms with E-state index in [0.717, 1.165) is 21.3 Å². The van der Waals surface area contributed by atoms with Crippen LogP contribution in [0.5, 0.6) is 5.75 Å². The summed E-state index contributed by atoms with van der Waals surface area (Å²) in [5.41, 5.74) is 2.04. The van der Waals surface area contributed by atoms with Crippen molar-refractivity contribution in [1.82, 2.24) is 9.88 Å². The van der Waals surface area contributed by atoms with E-state index in [-0.39, 0.29) is 11.8 Å². The maximum atomic E-state index is 12.3. The van der Waals surface area contributed by atoms with Gasteiger partial charge in [0.1, 0.15) is 18.3 Å². The first kappa shape index (κ1) is 13.2. The molecular formula is C15H15BrN2O2. The number of nitrogens with zero attached hydrogens (tertiary/aromatic N) is 1. The third kappa shape index (κ3) is 2.58. The molecule has 2 heterocycles. The molecule has 0 saturated carbocycles. The zero-order chi connectivity index (χ0) is 14.1. The van der Waals surface area contributed by atoms with Crippen molar-refractivity contribution < 1.29 is 9.53 Å². The minimum absolute atomic E-state index is 0.00528. The van der Waals surface area contributed by atoms with Gasteiger partial charge < -0.3 is 14.6 Å².